The van der Waals surface area contributed by atoms with E-state index in [2.05, 4.69) is 13.8 Å². The quantitative estimate of drug-likeness (QED) is 0.642. The maximum Gasteiger partial charge on any atom is 0.338 e. The Hall–Kier alpha value is -2.62. The third-order valence-corrected chi connectivity index (χ3v) is 4.02. The lowest BCUT2D eigenvalue weighted by Crippen LogP contribution is -2.33. The van der Waals surface area contributed by atoms with Crippen LogP contribution >= 0.6 is 0 Å². The average Bonchev–Trinajstić information content (AvgIpc) is 2.65. The summed E-state index contributed by atoms with van der Waals surface area (Å²) in [5.74, 6) is -0.351. The number of esters is 2. The first-order valence-corrected chi connectivity index (χ1v) is 8.84. The van der Waals surface area contributed by atoms with Crippen molar-refractivity contribution in [3.8, 4) is 0 Å². The molecule has 26 heavy (non-hydrogen) atoms. The zero-order valence-electron chi connectivity index (χ0n) is 15.6. The minimum absolute atomic E-state index is 0.195. The summed E-state index contributed by atoms with van der Waals surface area (Å²) >= 11 is 0. The van der Waals surface area contributed by atoms with Gasteiger partial charge in [-0.3, -0.25) is 0 Å². The van der Waals surface area contributed by atoms with Gasteiger partial charge in [0.1, 0.15) is 13.2 Å². The van der Waals surface area contributed by atoms with Crippen molar-refractivity contribution in [2.75, 3.05) is 13.2 Å². The fourth-order valence-corrected chi connectivity index (χ4v) is 2.94. The monoisotopic (exact) mass is 354 g/mol. The second-order valence-corrected chi connectivity index (χ2v) is 7.29. The molecule has 0 atom stereocenters. The second kappa shape index (κ2) is 9.18. The maximum atomic E-state index is 12.2. The van der Waals surface area contributed by atoms with Crippen molar-refractivity contribution < 1.29 is 19.1 Å². The lowest BCUT2D eigenvalue weighted by Gasteiger charge is -2.30. The van der Waals surface area contributed by atoms with Crippen LogP contribution in [0.5, 0.6) is 0 Å². The summed E-state index contributed by atoms with van der Waals surface area (Å²) in [4.78, 5) is 24.4. The number of ether oxygens (including phenoxy) is 2. The minimum Gasteiger partial charge on any atom is -0.461 e. The zero-order valence-corrected chi connectivity index (χ0v) is 15.6. The molecule has 0 bridgehead atoms. The van der Waals surface area contributed by atoms with Crippen molar-refractivity contribution in [3.05, 3.63) is 71.8 Å². The first-order chi connectivity index (χ1) is 12.4. The molecule has 0 saturated carbocycles. The Morgan fingerprint density at radius 2 is 1.19 bits per heavy atom. The standard InChI is InChI=1S/C22H26O4/c1-17(2)14-22(3,15-25-20(23)18-10-6-4-7-11-18)16-26-21(24)19-12-8-5-9-13-19/h4-13,17H,14-16H2,1-3H3. The molecule has 0 heterocycles. The van der Waals surface area contributed by atoms with Gasteiger partial charge in [-0.25, -0.2) is 9.59 Å². The van der Waals surface area contributed by atoms with E-state index >= 15 is 0 Å². The van der Waals surface area contributed by atoms with E-state index in [9.17, 15) is 9.59 Å². The van der Waals surface area contributed by atoms with Crippen molar-refractivity contribution in [2.24, 2.45) is 11.3 Å². The number of carbonyl (C=O) groups is 2. The van der Waals surface area contributed by atoms with E-state index in [-0.39, 0.29) is 25.2 Å². The number of carbonyl (C=O) groups excluding carboxylic acids is 2. The average molecular weight is 354 g/mol. The molecule has 0 fully saturated rings. The van der Waals surface area contributed by atoms with Gasteiger partial charge in [0.15, 0.2) is 0 Å². The molecule has 0 aromatic heterocycles. The van der Waals surface area contributed by atoms with Gasteiger partial charge >= 0.3 is 11.9 Å². The normalized spacial score (nSPS) is 11.2. The summed E-state index contributed by atoms with van der Waals surface area (Å²) < 4.78 is 11.0. The van der Waals surface area contributed by atoms with Gasteiger partial charge in [-0.1, -0.05) is 57.2 Å². The Labute approximate surface area is 155 Å². The third-order valence-electron chi connectivity index (χ3n) is 4.02. The highest BCUT2D eigenvalue weighted by molar-refractivity contribution is 5.89. The lowest BCUT2D eigenvalue weighted by molar-refractivity contribution is -0.00619. The van der Waals surface area contributed by atoms with E-state index < -0.39 is 5.41 Å². The summed E-state index contributed by atoms with van der Waals surface area (Å²) in [5, 5.41) is 0. The molecular weight excluding hydrogens is 328 g/mol. The molecule has 4 heteroatoms. The fraction of sp³-hybridized carbons (Fsp3) is 0.364. The van der Waals surface area contributed by atoms with Gasteiger partial charge in [0, 0.05) is 5.41 Å². The molecule has 0 saturated heterocycles. The van der Waals surface area contributed by atoms with Gasteiger partial charge in [0.25, 0.3) is 0 Å². The van der Waals surface area contributed by atoms with Crippen LogP contribution in [-0.2, 0) is 9.47 Å². The molecule has 2 aromatic rings. The van der Waals surface area contributed by atoms with Crippen LogP contribution in [0.2, 0.25) is 0 Å². The first-order valence-electron chi connectivity index (χ1n) is 8.84. The Balaban J connectivity index is 1.97. The molecule has 0 aliphatic heterocycles. The Morgan fingerprint density at radius 1 is 0.808 bits per heavy atom. The SMILES string of the molecule is CC(C)CC(C)(COC(=O)c1ccccc1)COC(=O)c1ccccc1. The van der Waals surface area contributed by atoms with Gasteiger partial charge in [0.05, 0.1) is 11.1 Å². The van der Waals surface area contributed by atoms with Crippen molar-refractivity contribution in [1.29, 1.82) is 0 Å². The minimum atomic E-state index is -0.441. The summed E-state index contributed by atoms with van der Waals surface area (Å²) in [6.07, 6.45) is 0.775. The van der Waals surface area contributed by atoms with Gasteiger partial charge in [0.2, 0.25) is 0 Å². The molecule has 0 amide bonds. The fourth-order valence-electron chi connectivity index (χ4n) is 2.94. The van der Waals surface area contributed by atoms with Crippen LogP contribution in [0.4, 0.5) is 0 Å². The number of benzene rings is 2. The van der Waals surface area contributed by atoms with Crippen LogP contribution in [0.3, 0.4) is 0 Å². The number of hydrogen-bond donors (Lipinski definition) is 0. The van der Waals surface area contributed by atoms with Crippen molar-refractivity contribution in [2.45, 2.75) is 27.2 Å². The first kappa shape index (κ1) is 19.7. The Kier molecular flexibility index (Phi) is 6.96. The Bertz CT molecular complexity index is 652. The number of rotatable bonds is 8. The highest BCUT2D eigenvalue weighted by Crippen LogP contribution is 2.28. The highest BCUT2D eigenvalue weighted by atomic mass is 16.5. The molecule has 4 nitrogen and oxygen atoms in total. The largest absolute Gasteiger partial charge is 0.461 e. The maximum absolute atomic E-state index is 12.2. The van der Waals surface area contributed by atoms with Crippen molar-refractivity contribution in [3.63, 3.8) is 0 Å². The summed E-state index contributed by atoms with van der Waals surface area (Å²) in [6, 6.07) is 17.8. The van der Waals surface area contributed by atoms with Gasteiger partial charge < -0.3 is 9.47 Å². The molecule has 2 rings (SSSR count). The lowest BCUT2D eigenvalue weighted by atomic mass is 9.83. The molecule has 0 radical (unpaired) electrons. The van der Waals surface area contributed by atoms with E-state index in [1.807, 2.05) is 19.1 Å². The summed E-state index contributed by atoms with van der Waals surface area (Å²) in [6.45, 7) is 6.55. The van der Waals surface area contributed by atoms with Crippen LogP contribution in [0, 0.1) is 11.3 Å². The molecule has 0 spiro atoms. The third kappa shape index (κ3) is 6.03. The van der Waals surface area contributed by atoms with E-state index in [1.165, 1.54) is 0 Å². The predicted molar refractivity (Wildman–Crippen MR) is 101 cm³/mol. The Morgan fingerprint density at radius 3 is 1.54 bits per heavy atom. The van der Waals surface area contributed by atoms with Crippen LogP contribution in [0.1, 0.15) is 47.9 Å². The number of hydrogen-bond acceptors (Lipinski definition) is 4. The van der Waals surface area contributed by atoms with E-state index in [0.29, 0.717) is 17.0 Å². The molecule has 0 unspecified atom stereocenters. The molecule has 0 N–H and O–H groups in total. The zero-order chi connectivity index (χ0) is 19.0. The van der Waals surface area contributed by atoms with Gasteiger partial charge in [-0.2, -0.15) is 0 Å². The van der Waals surface area contributed by atoms with E-state index in [1.54, 1.807) is 48.5 Å². The molecular formula is C22H26O4. The van der Waals surface area contributed by atoms with Crippen molar-refractivity contribution >= 4 is 11.9 Å². The molecule has 0 aliphatic rings. The van der Waals surface area contributed by atoms with Crippen molar-refractivity contribution in [1.82, 2.24) is 0 Å². The van der Waals surface area contributed by atoms with Crippen LogP contribution in [0.25, 0.3) is 0 Å². The van der Waals surface area contributed by atoms with E-state index in [4.69, 9.17) is 9.47 Å². The highest BCUT2D eigenvalue weighted by Gasteiger charge is 2.30. The molecule has 2 aromatic carbocycles. The molecule has 0 aliphatic carbocycles. The summed E-state index contributed by atoms with van der Waals surface area (Å²) in [5.41, 5.74) is 0.588. The van der Waals surface area contributed by atoms with E-state index in [0.717, 1.165) is 6.42 Å². The smallest absolute Gasteiger partial charge is 0.338 e. The second-order valence-electron chi connectivity index (χ2n) is 7.29. The van der Waals surface area contributed by atoms with Crippen LogP contribution in [0.15, 0.2) is 60.7 Å². The summed E-state index contributed by atoms with van der Waals surface area (Å²) in [7, 11) is 0. The topological polar surface area (TPSA) is 52.6 Å². The van der Waals surface area contributed by atoms with Crippen LogP contribution in [-0.4, -0.2) is 25.2 Å². The predicted octanol–water partition coefficient (Wildman–Crippen LogP) is 4.75. The van der Waals surface area contributed by atoms with Gasteiger partial charge in [-0.05, 0) is 36.6 Å². The van der Waals surface area contributed by atoms with Gasteiger partial charge in [-0.15, -0.1) is 0 Å². The molecule has 138 valence electrons. The van der Waals surface area contributed by atoms with Crippen LogP contribution < -0.4 is 0 Å².